The van der Waals surface area contributed by atoms with E-state index in [-0.39, 0.29) is 11.6 Å². The first-order valence-corrected chi connectivity index (χ1v) is 9.20. The van der Waals surface area contributed by atoms with Gasteiger partial charge in [0.1, 0.15) is 5.82 Å². The SMILES string of the molecule is Cc1cc(C(C)N)c2nc3n(c(=O)c2c1)CCC3C.Cc1ccccc1. The van der Waals surface area contributed by atoms with Crippen LogP contribution in [0.25, 0.3) is 10.9 Å². The Hall–Kier alpha value is -2.46. The Bertz CT molecular complexity index is 974. The smallest absolute Gasteiger partial charge is 0.261 e. The van der Waals surface area contributed by atoms with Crippen LogP contribution in [-0.4, -0.2) is 9.55 Å². The van der Waals surface area contributed by atoms with Crippen LogP contribution in [-0.2, 0) is 6.54 Å². The summed E-state index contributed by atoms with van der Waals surface area (Å²) >= 11 is 0. The minimum Gasteiger partial charge on any atom is -0.324 e. The second-order valence-corrected chi connectivity index (χ2v) is 7.31. The highest BCUT2D eigenvalue weighted by Gasteiger charge is 2.24. The van der Waals surface area contributed by atoms with Crippen LogP contribution in [0.1, 0.15) is 54.7 Å². The van der Waals surface area contributed by atoms with E-state index >= 15 is 0 Å². The molecule has 0 aliphatic carbocycles. The molecule has 2 atom stereocenters. The molecule has 0 amide bonds. The van der Waals surface area contributed by atoms with Gasteiger partial charge in [-0.05, 0) is 44.4 Å². The molecule has 136 valence electrons. The molecule has 1 aliphatic heterocycles. The van der Waals surface area contributed by atoms with E-state index in [0.29, 0.717) is 11.3 Å². The Balaban J connectivity index is 0.000000236. The van der Waals surface area contributed by atoms with Crippen molar-refractivity contribution < 1.29 is 0 Å². The molecule has 0 fully saturated rings. The van der Waals surface area contributed by atoms with E-state index in [2.05, 4.69) is 26.0 Å². The van der Waals surface area contributed by atoms with E-state index in [1.54, 1.807) is 0 Å². The van der Waals surface area contributed by atoms with Crippen molar-refractivity contribution in [3.05, 3.63) is 75.3 Å². The van der Waals surface area contributed by atoms with Gasteiger partial charge in [-0.1, -0.05) is 48.9 Å². The second-order valence-electron chi connectivity index (χ2n) is 7.31. The standard InChI is InChI=1S/C15H19N3O.C7H8/c1-8-6-11(10(3)16)13-12(7-8)15(19)18-5-4-9(2)14(18)17-13;1-7-5-3-2-4-6-7/h6-7,9-10H,4-5,16H2,1-3H3;2-6H,1H3. The summed E-state index contributed by atoms with van der Waals surface area (Å²) in [6.07, 6.45) is 0.991. The maximum Gasteiger partial charge on any atom is 0.261 e. The zero-order valence-electron chi connectivity index (χ0n) is 16.0. The lowest BCUT2D eigenvalue weighted by Gasteiger charge is -2.13. The van der Waals surface area contributed by atoms with Gasteiger partial charge in [0.15, 0.2) is 0 Å². The van der Waals surface area contributed by atoms with Gasteiger partial charge in [-0.2, -0.15) is 0 Å². The lowest BCUT2D eigenvalue weighted by Crippen LogP contribution is -2.22. The van der Waals surface area contributed by atoms with Crippen LogP contribution in [0.4, 0.5) is 0 Å². The predicted molar refractivity (Wildman–Crippen MR) is 108 cm³/mol. The van der Waals surface area contributed by atoms with Gasteiger partial charge in [0.25, 0.3) is 5.56 Å². The van der Waals surface area contributed by atoms with Gasteiger partial charge in [0.05, 0.1) is 10.9 Å². The first-order chi connectivity index (χ1) is 12.4. The number of benzene rings is 2. The number of aromatic nitrogens is 2. The molecule has 0 spiro atoms. The monoisotopic (exact) mass is 349 g/mol. The summed E-state index contributed by atoms with van der Waals surface area (Å²) in [6.45, 7) is 8.91. The van der Waals surface area contributed by atoms with Gasteiger partial charge < -0.3 is 5.73 Å². The summed E-state index contributed by atoms with van der Waals surface area (Å²) in [6, 6.07) is 14.1. The third kappa shape index (κ3) is 3.56. The normalized spacial score (nSPS) is 16.7. The van der Waals surface area contributed by atoms with Crippen LogP contribution in [0, 0.1) is 13.8 Å². The van der Waals surface area contributed by atoms with Crippen molar-refractivity contribution in [2.75, 3.05) is 0 Å². The number of aryl methyl sites for hydroxylation is 2. The van der Waals surface area contributed by atoms with Gasteiger partial charge in [0, 0.05) is 18.5 Å². The third-order valence-corrected chi connectivity index (χ3v) is 4.92. The molecule has 2 heterocycles. The molecule has 2 aromatic carbocycles. The fraction of sp³-hybridized carbons (Fsp3) is 0.364. The van der Waals surface area contributed by atoms with Gasteiger partial charge in [0.2, 0.25) is 0 Å². The lowest BCUT2D eigenvalue weighted by molar-refractivity contribution is 0.695. The molecule has 2 unspecified atom stereocenters. The maximum absolute atomic E-state index is 12.6. The summed E-state index contributed by atoms with van der Waals surface area (Å²) < 4.78 is 1.82. The Morgan fingerprint density at radius 3 is 2.42 bits per heavy atom. The molecule has 1 aliphatic rings. The molecule has 0 saturated carbocycles. The van der Waals surface area contributed by atoms with Crippen LogP contribution in [0.5, 0.6) is 0 Å². The van der Waals surface area contributed by atoms with E-state index in [4.69, 9.17) is 10.7 Å². The molecule has 0 saturated heterocycles. The van der Waals surface area contributed by atoms with Crippen LogP contribution in [0.3, 0.4) is 0 Å². The van der Waals surface area contributed by atoms with Crippen molar-refractivity contribution in [2.45, 2.75) is 52.6 Å². The molecule has 0 bridgehead atoms. The molecule has 4 heteroatoms. The average molecular weight is 349 g/mol. The molecule has 2 N–H and O–H groups in total. The number of hydrogen-bond acceptors (Lipinski definition) is 3. The maximum atomic E-state index is 12.6. The molecular formula is C22H27N3O. The fourth-order valence-corrected chi connectivity index (χ4v) is 3.44. The predicted octanol–water partition coefficient (Wildman–Crippen LogP) is 4.23. The van der Waals surface area contributed by atoms with Crippen molar-refractivity contribution in [2.24, 2.45) is 5.73 Å². The van der Waals surface area contributed by atoms with Crippen molar-refractivity contribution >= 4 is 10.9 Å². The zero-order chi connectivity index (χ0) is 18.8. The first-order valence-electron chi connectivity index (χ1n) is 9.20. The van der Waals surface area contributed by atoms with Gasteiger partial charge >= 0.3 is 0 Å². The Kier molecular flexibility index (Phi) is 5.23. The van der Waals surface area contributed by atoms with Crippen molar-refractivity contribution in [3.8, 4) is 0 Å². The van der Waals surface area contributed by atoms with E-state index in [9.17, 15) is 4.79 Å². The van der Waals surface area contributed by atoms with Crippen LogP contribution in [0.2, 0.25) is 0 Å². The van der Waals surface area contributed by atoms with Crippen molar-refractivity contribution in [1.29, 1.82) is 0 Å². The summed E-state index contributed by atoms with van der Waals surface area (Å²) in [5.41, 5.74) is 10.2. The Morgan fingerprint density at radius 1 is 1.15 bits per heavy atom. The number of rotatable bonds is 1. The van der Waals surface area contributed by atoms with E-state index < -0.39 is 0 Å². The number of nitrogens with two attached hydrogens (primary N) is 1. The minimum atomic E-state index is -0.117. The largest absolute Gasteiger partial charge is 0.324 e. The zero-order valence-corrected chi connectivity index (χ0v) is 16.0. The van der Waals surface area contributed by atoms with E-state index in [1.807, 2.05) is 48.7 Å². The highest BCUT2D eigenvalue weighted by atomic mass is 16.1. The molecule has 26 heavy (non-hydrogen) atoms. The number of fused-ring (bicyclic) bond motifs is 2. The topological polar surface area (TPSA) is 60.9 Å². The van der Waals surface area contributed by atoms with Gasteiger partial charge in [-0.25, -0.2) is 4.98 Å². The van der Waals surface area contributed by atoms with Crippen molar-refractivity contribution in [3.63, 3.8) is 0 Å². The van der Waals surface area contributed by atoms with E-state index in [1.165, 1.54) is 5.56 Å². The summed E-state index contributed by atoms with van der Waals surface area (Å²) in [4.78, 5) is 17.3. The van der Waals surface area contributed by atoms with Crippen LogP contribution in [0.15, 0.2) is 47.3 Å². The first kappa shape index (κ1) is 18.3. The molecule has 0 radical (unpaired) electrons. The van der Waals surface area contributed by atoms with Crippen LogP contribution < -0.4 is 11.3 Å². The van der Waals surface area contributed by atoms with Crippen LogP contribution >= 0.6 is 0 Å². The Labute approximate surface area is 154 Å². The molecule has 1 aromatic heterocycles. The average Bonchev–Trinajstić information content (AvgIpc) is 2.98. The number of nitrogens with zero attached hydrogens (tertiary/aromatic N) is 2. The van der Waals surface area contributed by atoms with Gasteiger partial charge in [-0.15, -0.1) is 0 Å². The van der Waals surface area contributed by atoms with Crippen molar-refractivity contribution in [1.82, 2.24) is 9.55 Å². The fourth-order valence-electron chi connectivity index (χ4n) is 3.44. The summed E-state index contributed by atoms with van der Waals surface area (Å²) in [5.74, 6) is 1.25. The Morgan fingerprint density at radius 2 is 1.85 bits per heavy atom. The third-order valence-electron chi connectivity index (χ3n) is 4.92. The van der Waals surface area contributed by atoms with E-state index in [0.717, 1.165) is 35.4 Å². The lowest BCUT2D eigenvalue weighted by atomic mass is 10.0. The summed E-state index contributed by atoms with van der Waals surface area (Å²) in [5, 5.41) is 0.699. The molecule has 3 aromatic rings. The molecular weight excluding hydrogens is 322 g/mol. The van der Waals surface area contributed by atoms with Gasteiger partial charge in [-0.3, -0.25) is 9.36 Å². The molecule has 4 nitrogen and oxygen atoms in total. The quantitative estimate of drug-likeness (QED) is 0.715. The second kappa shape index (κ2) is 7.42. The highest BCUT2D eigenvalue weighted by Crippen LogP contribution is 2.28. The minimum absolute atomic E-state index is 0.0787. The highest BCUT2D eigenvalue weighted by molar-refractivity contribution is 5.82. The summed E-state index contributed by atoms with van der Waals surface area (Å²) in [7, 11) is 0. The molecule has 4 rings (SSSR count). The number of hydrogen-bond donors (Lipinski definition) is 1.